The van der Waals surface area contributed by atoms with Gasteiger partial charge in [0.2, 0.25) is 5.91 Å². The summed E-state index contributed by atoms with van der Waals surface area (Å²) in [7, 11) is 1.53. The molecule has 0 aliphatic rings. The molecule has 2 aromatic rings. The number of amides is 1. The maximum absolute atomic E-state index is 12.5. The van der Waals surface area contributed by atoms with Crippen LogP contribution in [0, 0.1) is 5.92 Å². The number of ether oxygens (including phenoxy) is 1. The Labute approximate surface area is 132 Å². The van der Waals surface area contributed by atoms with Crippen molar-refractivity contribution in [3.63, 3.8) is 0 Å². The number of benzene rings is 1. The zero-order valence-corrected chi connectivity index (χ0v) is 12.8. The molecule has 0 radical (unpaired) electrons. The maximum atomic E-state index is 12.5. The first-order valence-corrected chi connectivity index (χ1v) is 7.47. The fourth-order valence-electron chi connectivity index (χ4n) is 2.00. The molecule has 116 valence electrons. The molecule has 4 N–H and O–H groups in total. The maximum Gasteiger partial charge on any atom is 0.235 e. The first-order chi connectivity index (χ1) is 10.7. The molecule has 6 nitrogen and oxygen atoms in total. The number of thiophene rings is 1. The quantitative estimate of drug-likeness (QED) is 0.329. The van der Waals surface area contributed by atoms with E-state index in [1.165, 1.54) is 18.4 Å². The monoisotopic (exact) mass is 319 g/mol. The lowest BCUT2D eigenvalue weighted by atomic mass is 10.0. The highest BCUT2D eigenvalue weighted by Crippen LogP contribution is 2.24. The normalized spacial score (nSPS) is 12.7. The van der Waals surface area contributed by atoms with Gasteiger partial charge in [0.25, 0.3) is 0 Å². The molecule has 1 heterocycles. The van der Waals surface area contributed by atoms with E-state index in [1.54, 1.807) is 24.3 Å². The second-order valence-electron chi connectivity index (χ2n) is 4.55. The second-order valence-corrected chi connectivity index (χ2v) is 5.58. The number of para-hydroxylation sites is 2. The first-order valence-electron chi connectivity index (χ1n) is 6.59. The largest absolute Gasteiger partial charge is 0.495 e. The summed E-state index contributed by atoms with van der Waals surface area (Å²) in [5, 5.41) is 16.6. The highest BCUT2D eigenvalue weighted by Gasteiger charge is 2.25. The van der Waals surface area contributed by atoms with Crippen LogP contribution in [0.3, 0.4) is 0 Å². The Morgan fingerprint density at radius 2 is 2.18 bits per heavy atom. The van der Waals surface area contributed by atoms with E-state index in [2.05, 4.69) is 10.5 Å². The van der Waals surface area contributed by atoms with Gasteiger partial charge < -0.3 is 21.0 Å². The SMILES string of the molecule is COc1ccccc1NC(=O)C(Cc1cccs1)/C(N)=N/O. The molecule has 0 aliphatic heterocycles. The van der Waals surface area contributed by atoms with E-state index in [0.29, 0.717) is 17.9 Å². The second kappa shape index (κ2) is 7.46. The van der Waals surface area contributed by atoms with Gasteiger partial charge in [0.05, 0.1) is 12.8 Å². The number of oxime groups is 1. The standard InChI is InChI=1S/C15H17N3O3S/c1-21-13-7-3-2-6-12(13)17-15(19)11(14(16)18-20)9-10-5-4-8-22-10/h2-8,11,20H,9H2,1H3,(H2,16,18)(H,17,19). The van der Waals surface area contributed by atoms with Gasteiger partial charge in [-0.05, 0) is 23.6 Å². The van der Waals surface area contributed by atoms with Crippen LogP contribution in [0.2, 0.25) is 0 Å². The number of carbonyl (C=O) groups is 1. The minimum absolute atomic E-state index is 0.124. The van der Waals surface area contributed by atoms with Crippen LogP contribution in [-0.2, 0) is 11.2 Å². The van der Waals surface area contributed by atoms with Crippen molar-refractivity contribution >= 4 is 28.8 Å². The fraction of sp³-hybridized carbons (Fsp3) is 0.200. The van der Waals surface area contributed by atoms with Crippen molar-refractivity contribution in [2.24, 2.45) is 16.8 Å². The summed E-state index contributed by atoms with van der Waals surface area (Å²) in [6.45, 7) is 0. The van der Waals surface area contributed by atoms with E-state index in [9.17, 15) is 4.79 Å². The van der Waals surface area contributed by atoms with Crippen LogP contribution in [-0.4, -0.2) is 24.1 Å². The van der Waals surface area contributed by atoms with Crippen LogP contribution in [0.25, 0.3) is 0 Å². The average molecular weight is 319 g/mol. The summed E-state index contributed by atoms with van der Waals surface area (Å²) < 4.78 is 5.20. The van der Waals surface area contributed by atoms with E-state index in [-0.39, 0.29) is 11.7 Å². The topological polar surface area (TPSA) is 96.9 Å². The van der Waals surface area contributed by atoms with Crippen molar-refractivity contribution in [1.29, 1.82) is 0 Å². The third-order valence-electron chi connectivity index (χ3n) is 3.14. The lowest BCUT2D eigenvalue weighted by Gasteiger charge is -2.16. The number of nitrogens with zero attached hydrogens (tertiary/aromatic N) is 1. The molecule has 1 atom stereocenters. The summed E-state index contributed by atoms with van der Waals surface area (Å²) in [6.07, 6.45) is 0.370. The fourth-order valence-corrected chi connectivity index (χ4v) is 2.75. The van der Waals surface area contributed by atoms with Crippen molar-refractivity contribution in [1.82, 2.24) is 0 Å². The summed E-state index contributed by atoms with van der Waals surface area (Å²) in [5.41, 5.74) is 6.21. The Hall–Kier alpha value is -2.54. The van der Waals surface area contributed by atoms with Crippen molar-refractivity contribution in [2.45, 2.75) is 6.42 Å². The molecule has 0 saturated heterocycles. The van der Waals surface area contributed by atoms with Crippen molar-refractivity contribution in [2.75, 3.05) is 12.4 Å². The minimum Gasteiger partial charge on any atom is -0.495 e. The van der Waals surface area contributed by atoms with E-state index in [0.717, 1.165) is 4.88 Å². The number of carbonyl (C=O) groups excluding carboxylic acids is 1. The molecule has 7 heteroatoms. The number of hydrogen-bond donors (Lipinski definition) is 3. The number of amidine groups is 1. The Kier molecular flexibility index (Phi) is 5.37. The van der Waals surface area contributed by atoms with Crippen LogP contribution in [0.15, 0.2) is 46.9 Å². The Bertz CT molecular complexity index is 656. The van der Waals surface area contributed by atoms with E-state index >= 15 is 0 Å². The number of nitrogens with one attached hydrogen (secondary N) is 1. The van der Waals surface area contributed by atoms with E-state index < -0.39 is 5.92 Å². The molecule has 1 aromatic heterocycles. The molecule has 0 spiro atoms. The predicted molar refractivity (Wildman–Crippen MR) is 86.5 cm³/mol. The predicted octanol–water partition coefficient (Wildman–Crippen LogP) is 2.30. The van der Waals surface area contributed by atoms with Gasteiger partial charge in [-0.3, -0.25) is 4.79 Å². The molecule has 1 aromatic carbocycles. The Morgan fingerprint density at radius 3 is 2.82 bits per heavy atom. The summed E-state index contributed by atoms with van der Waals surface area (Å²) in [4.78, 5) is 13.5. The molecule has 0 fully saturated rings. The molecule has 0 saturated carbocycles. The summed E-state index contributed by atoms with van der Waals surface area (Å²) >= 11 is 1.51. The van der Waals surface area contributed by atoms with Crippen LogP contribution < -0.4 is 15.8 Å². The van der Waals surface area contributed by atoms with Crippen LogP contribution >= 0.6 is 11.3 Å². The third-order valence-corrected chi connectivity index (χ3v) is 4.04. The first kappa shape index (κ1) is 15.8. The highest BCUT2D eigenvalue weighted by atomic mass is 32.1. The van der Waals surface area contributed by atoms with Gasteiger partial charge in [-0.15, -0.1) is 11.3 Å². The van der Waals surface area contributed by atoms with Crippen LogP contribution in [0.5, 0.6) is 5.75 Å². The van der Waals surface area contributed by atoms with Crippen molar-refractivity contribution < 1.29 is 14.7 Å². The zero-order chi connectivity index (χ0) is 15.9. The Morgan fingerprint density at radius 1 is 1.41 bits per heavy atom. The van der Waals surface area contributed by atoms with Gasteiger partial charge >= 0.3 is 0 Å². The molecular formula is C15H17N3O3S. The Balaban J connectivity index is 2.18. The van der Waals surface area contributed by atoms with E-state index in [1.807, 2.05) is 17.5 Å². The molecule has 0 aliphatic carbocycles. The number of hydrogen-bond acceptors (Lipinski definition) is 5. The van der Waals surface area contributed by atoms with E-state index in [4.69, 9.17) is 15.7 Å². The van der Waals surface area contributed by atoms with Crippen LogP contribution in [0.1, 0.15) is 4.88 Å². The number of methoxy groups -OCH3 is 1. The number of nitrogens with two attached hydrogens (primary N) is 1. The van der Waals surface area contributed by atoms with Crippen molar-refractivity contribution in [3.05, 3.63) is 46.7 Å². The van der Waals surface area contributed by atoms with Crippen molar-refractivity contribution in [3.8, 4) is 5.75 Å². The molecule has 2 rings (SSSR count). The summed E-state index contributed by atoms with van der Waals surface area (Å²) in [5.74, 6) is -0.687. The van der Waals surface area contributed by atoms with Gasteiger partial charge in [-0.25, -0.2) is 0 Å². The van der Waals surface area contributed by atoms with Gasteiger partial charge in [-0.1, -0.05) is 23.4 Å². The van der Waals surface area contributed by atoms with Gasteiger partial charge in [-0.2, -0.15) is 0 Å². The zero-order valence-electron chi connectivity index (χ0n) is 12.0. The molecule has 1 amide bonds. The molecule has 0 bridgehead atoms. The van der Waals surface area contributed by atoms with Gasteiger partial charge in [0, 0.05) is 11.3 Å². The molecule has 22 heavy (non-hydrogen) atoms. The molecular weight excluding hydrogens is 302 g/mol. The molecule has 1 unspecified atom stereocenters. The van der Waals surface area contributed by atoms with Gasteiger partial charge in [0.1, 0.15) is 11.7 Å². The summed E-state index contributed by atoms with van der Waals surface area (Å²) in [6, 6.07) is 10.9. The highest BCUT2D eigenvalue weighted by molar-refractivity contribution is 7.09. The number of anilines is 1. The average Bonchev–Trinajstić information content (AvgIpc) is 3.05. The smallest absolute Gasteiger partial charge is 0.235 e. The lowest BCUT2D eigenvalue weighted by molar-refractivity contribution is -0.118. The number of rotatable bonds is 6. The van der Waals surface area contributed by atoms with Crippen LogP contribution in [0.4, 0.5) is 5.69 Å². The lowest BCUT2D eigenvalue weighted by Crippen LogP contribution is -2.36. The van der Waals surface area contributed by atoms with Gasteiger partial charge in [0.15, 0.2) is 5.84 Å². The third kappa shape index (κ3) is 3.76. The minimum atomic E-state index is -0.756.